The van der Waals surface area contributed by atoms with Gasteiger partial charge >= 0.3 is 0 Å². The van der Waals surface area contributed by atoms with Crippen molar-refractivity contribution in [1.82, 2.24) is 14.8 Å². The van der Waals surface area contributed by atoms with Crippen molar-refractivity contribution >= 4 is 23.4 Å². The third-order valence-electron chi connectivity index (χ3n) is 4.53. The fraction of sp³-hybridized carbons (Fsp3) is 0.318. The summed E-state index contributed by atoms with van der Waals surface area (Å²) in [5.41, 5.74) is 4.13. The number of hydrogen-bond donors (Lipinski definition) is 1. The maximum atomic E-state index is 12.4. The maximum absolute atomic E-state index is 12.4. The Balaban J connectivity index is 1.60. The summed E-state index contributed by atoms with van der Waals surface area (Å²) in [6.45, 7) is 7.95. The zero-order valence-corrected chi connectivity index (χ0v) is 18.2. The van der Waals surface area contributed by atoms with Gasteiger partial charge in [-0.1, -0.05) is 36.0 Å². The average molecular weight is 411 g/mol. The normalized spacial score (nSPS) is 11.9. The molecule has 0 fully saturated rings. The lowest BCUT2D eigenvalue weighted by molar-refractivity contribution is -0.113. The van der Waals surface area contributed by atoms with E-state index in [-0.39, 0.29) is 17.8 Å². The van der Waals surface area contributed by atoms with Crippen LogP contribution in [0.3, 0.4) is 0 Å². The van der Waals surface area contributed by atoms with Crippen LogP contribution in [0.15, 0.2) is 47.6 Å². The Morgan fingerprint density at radius 3 is 2.66 bits per heavy atom. The molecule has 0 bridgehead atoms. The fourth-order valence-electron chi connectivity index (χ4n) is 2.94. The number of anilines is 1. The Morgan fingerprint density at radius 2 is 1.90 bits per heavy atom. The van der Waals surface area contributed by atoms with E-state index in [0.717, 1.165) is 28.1 Å². The van der Waals surface area contributed by atoms with E-state index < -0.39 is 0 Å². The Hall–Kier alpha value is -2.80. The third-order valence-corrected chi connectivity index (χ3v) is 5.55. The summed E-state index contributed by atoms with van der Waals surface area (Å²) >= 11 is 1.35. The van der Waals surface area contributed by atoms with Gasteiger partial charge in [-0.05, 0) is 62.6 Å². The highest BCUT2D eigenvalue weighted by Crippen LogP contribution is 2.24. The molecule has 7 heteroatoms. The molecule has 0 spiro atoms. The monoisotopic (exact) mass is 410 g/mol. The second kappa shape index (κ2) is 9.13. The van der Waals surface area contributed by atoms with Crippen LogP contribution in [0.1, 0.15) is 35.5 Å². The first-order valence-electron chi connectivity index (χ1n) is 9.46. The zero-order chi connectivity index (χ0) is 21.0. The summed E-state index contributed by atoms with van der Waals surface area (Å²) in [6, 6.07) is 13.9. The van der Waals surface area contributed by atoms with Gasteiger partial charge in [0.2, 0.25) is 5.91 Å². The van der Waals surface area contributed by atoms with Gasteiger partial charge in [0.1, 0.15) is 5.75 Å². The molecular weight excluding hydrogens is 384 g/mol. The van der Waals surface area contributed by atoms with Gasteiger partial charge in [-0.15, -0.1) is 10.2 Å². The van der Waals surface area contributed by atoms with Crippen molar-refractivity contribution in [3.05, 3.63) is 65.0 Å². The van der Waals surface area contributed by atoms with Crippen molar-refractivity contribution < 1.29 is 9.53 Å². The Kier molecular flexibility index (Phi) is 6.59. The quantitative estimate of drug-likeness (QED) is 0.576. The third kappa shape index (κ3) is 5.38. The van der Waals surface area contributed by atoms with E-state index in [1.165, 1.54) is 11.8 Å². The topological polar surface area (TPSA) is 69.0 Å². The minimum atomic E-state index is -0.257. The van der Waals surface area contributed by atoms with E-state index in [9.17, 15) is 4.79 Å². The summed E-state index contributed by atoms with van der Waals surface area (Å²) < 4.78 is 7.86. The number of nitrogens with zero attached hydrogens (tertiary/aromatic N) is 3. The molecule has 6 nitrogen and oxygen atoms in total. The van der Waals surface area contributed by atoms with Crippen LogP contribution in [-0.4, -0.2) is 26.4 Å². The van der Waals surface area contributed by atoms with E-state index in [2.05, 4.69) is 15.5 Å². The predicted molar refractivity (Wildman–Crippen MR) is 116 cm³/mol. The molecule has 3 aromatic rings. The van der Waals surface area contributed by atoms with Crippen molar-refractivity contribution in [1.29, 1.82) is 0 Å². The molecule has 0 aliphatic rings. The van der Waals surface area contributed by atoms with Gasteiger partial charge in [0.05, 0.1) is 5.75 Å². The van der Waals surface area contributed by atoms with Crippen molar-refractivity contribution in [2.24, 2.45) is 7.05 Å². The number of benzene rings is 2. The molecule has 0 aliphatic heterocycles. The van der Waals surface area contributed by atoms with Crippen molar-refractivity contribution in [2.45, 2.75) is 39.0 Å². The molecule has 1 atom stereocenters. The first-order valence-corrected chi connectivity index (χ1v) is 10.4. The average Bonchev–Trinajstić information content (AvgIpc) is 3.04. The van der Waals surface area contributed by atoms with Crippen molar-refractivity contribution in [3.63, 3.8) is 0 Å². The van der Waals surface area contributed by atoms with E-state index in [4.69, 9.17) is 4.74 Å². The SMILES string of the molecule is Cc1cccc(OC(C)c2nnc(SCC(=O)Nc3cc(C)ccc3C)n2C)c1. The van der Waals surface area contributed by atoms with Crippen molar-refractivity contribution in [2.75, 3.05) is 11.1 Å². The number of thioether (sulfide) groups is 1. The van der Waals surface area contributed by atoms with E-state index >= 15 is 0 Å². The number of aryl methyl sites for hydroxylation is 3. The number of rotatable bonds is 7. The number of amides is 1. The van der Waals surface area contributed by atoms with Crippen LogP contribution in [0.4, 0.5) is 5.69 Å². The first-order chi connectivity index (χ1) is 13.8. The van der Waals surface area contributed by atoms with Gasteiger partial charge in [0.15, 0.2) is 17.1 Å². The minimum Gasteiger partial charge on any atom is -0.483 e. The lowest BCUT2D eigenvalue weighted by atomic mass is 10.1. The van der Waals surface area contributed by atoms with Crippen LogP contribution in [-0.2, 0) is 11.8 Å². The Morgan fingerprint density at radius 1 is 1.14 bits per heavy atom. The standard InChI is InChI=1S/C22H26N4O2S/c1-14-7-6-8-18(11-14)28-17(4)21-24-25-22(26(21)5)29-13-20(27)23-19-12-15(2)9-10-16(19)3/h6-12,17H,13H2,1-5H3,(H,23,27). The minimum absolute atomic E-state index is 0.0719. The highest BCUT2D eigenvalue weighted by Gasteiger charge is 2.18. The van der Waals surface area contributed by atoms with Gasteiger partial charge in [0.25, 0.3) is 0 Å². The summed E-state index contributed by atoms with van der Waals surface area (Å²) in [6.07, 6.45) is -0.257. The summed E-state index contributed by atoms with van der Waals surface area (Å²) in [5.74, 6) is 1.69. The molecular formula is C22H26N4O2S. The van der Waals surface area contributed by atoms with E-state index in [0.29, 0.717) is 11.0 Å². The zero-order valence-electron chi connectivity index (χ0n) is 17.4. The molecule has 1 N–H and O–H groups in total. The Bertz CT molecular complexity index is 1020. The molecule has 0 saturated carbocycles. The maximum Gasteiger partial charge on any atom is 0.234 e. The molecule has 0 saturated heterocycles. The van der Waals surface area contributed by atoms with Gasteiger partial charge in [-0.3, -0.25) is 4.79 Å². The van der Waals surface area contributed by atoms with Crippen molar-refractivity contribution in [3.8, 4) is 5.75 Å². The van der Waals surface area contributed by atoms with Crippen LogP contribution in [0.25, 0.3) is 0 Å². The van der Waals surface area contributed by atoms with Gasteiger partial charge in [-0.25, -0.2) is 0 Å². The molecule has 3 rings (SSSR count). The molecule has 1 amide bonds. The molecule has 1 heterocycles. The predicted octanol–water partition coefficient (Wildman–Crippen LogP) is 4.61. The number of aromatic nitrogens is 3. The van der Waals surface area contributed by atoms with Crippen LogP contribution in [0.5, 0.6) is 5.75 Å². The smallest absolute Gasteiger partial charge is 0.234 e. The highest BCUT2D eigenvalue weighted by molar-refractivity contribution is 7.99. The van der Waals surface area contributed by atoms with E-state index in [1.54, 1.807) is 0 Å². The van der Waals surface area contributed by atoms with Crippen LogP contribution < -0.4 is 10.1 Å². The molecule has 2 aromatic carbocycles. The molecule has 1 unspecified atom stereocenters. The van der Waals surface area contributed by atoms with Gasteiger partial charge in [0, 0.05) is 12.7 Å². The first kappa shape index (κ1) is 20.9. The number of carbonyl (C=O) groups excluding carboxylic acids is 1. The highest BCUT2D eigenvalue weighted by atomic mass is 32.2. The largest absolute Gasteiger partial charge is 0.483 e. The Labute approximate surface area is 175 Å². The van der Waals surface area contributed by atoms with Gasteiger partial charge in [-0.2, -0.15) is 0 Å². The number of hydrogen-bond acceptors (Lipinski definition) is 5. The lowest BCUT2D eigenvalue weighted by Gasteiger charge is -2.14. The lowest BCUT2D eigenvalue weighted by Crippen LogP contribution is -2.15. The molecule has 0 aliphatic carbocycles. The van der Waals surface area contributed by atoms with Crippen LogP contribution in [0, 0.1) is 20.8 Å². The molecule has 152 valence electrons. The summed E-state index contributed by atoms with van der Waals surface area (Å²) in [5, 5.41) is 12.1. The summed E-state index contributed by atoms with van der Waals surface area (Å²) in [4.78, 5) is 12.4. The fourth-order valence-corrected chi connectivity index (χ4v) is 3.66. The summed E-state index contributed by atoms with van der Waals surface area (Å²) in [7, 11) is 1.89. The van der Waals surface area contributed by atoms with E-state index in [1.807, 2.05) is 81.8 Å². The van der Waals surface area contributed by atoms with Gasteiger partial charge < -0.3 is 14.6 Å². The second-order valence-corrected chi connectivity index (χ2v) is 8.07. The number of nitrogens with one attached hydrogen (secondary N) is 1. The number of ether oxygens (including phenoxy) is 1. The number of carbonyl (C=O) groups is 1. The second-order valence-electron chi connectivity index (χ2n) is 7.13. The molecule has 29 heavy (non-hydrogen) atoms. The van der Waals surface area contributed by atoms with Crippen LogP contribution >= 0.6 is 11.8 Å². The molecule has 0 radical (unpaired) electrons. The van der Waals surface area contributed by atoms with Crippen LogP contribution in [0.2, 0.25) is 0 Å². The molecule has 1 aromatic heterocycles.